The largest absolute Gasteiger partial charge is 0.338 e. The van der Waals surface area contributed by atoms with Crippen molar-refractivity contribution in [2.45, 2.75) is 32.6 Å². The van der Waals surface area contributed by atoms with Gasteiger partial charge in [0.25, 0.3) is 5.91 Å². The molecular weight excluding hydrogens is 264 g/mol. The first kappa shape index (κ1) is 14.1. The summed E-state index contributed by atoms with van der Waals surface area (Å²) in [5, 5.41) is 2.73. The SMILES string of the molecule is CC(=O)Nc1cccc(C(=O)N2CC3CCCCC3C2)c1. The highest BCUT2D eigenvalue weighted by Gasteiger charge is 2.36. The summed E-state index contributed by atoms with van der Waals surface area (Å²) in [6.45, 7) is 3.27. The zero-order valence-corrected chi connectivity index (χ0v) is 12.5. The summed E-state index contributed by atoms with van der Waals surface area (Å²) in [6.07, 6.45) is 5.14. The number of carbonyl (C=O) groups excluding carboxylic acids is 2. The highest BCUT2D eigenvalue weighted by molar-refractivity contribution is 5.97. The molecule has 2 aliphatic rings. The fourth-order valence-electron chi connectivity index (χ4n) is 3.69. The van der Waals surface area contributed by atoms with E-state index in [9.17, 15) is 9.59 Å². The van der Waals surface area contributed by atoms with Crippen molar-refractivity contribution in [2.75, 3.05) is 18.4 Å². The van der Waals surface area contributed by atoms with Crippen molar-refractivity contribution in [2.24, 2.45) is 11.8 Å². The number of anilines is 1. The number of hydrogen-bond acceptors (Lipinski definition) is 2. The number of hydrogen-bond donors (Lipinski definition) is 1. The van der Waals surface area contributed by atoms with Crippen LogP contribution in [0.3, 0.4) is 0 Å². The molecule has 1 saturated heterocycles. The predicted octanol–water partition coefficient (Wildman–Crippen LogP) is 2.91. The first-order chi connectivity index (χ1) is 10.1. The van der Waals surface area contributed by atoms with Gasteiger partial charge in [0.05, 0.1) is 0 Å². The Morgan fingerprint density at radius 2 is 1.81 bits per heavy atom. The van der Waals surface area contributed by atoms with Gasteiger partial charge in [0.1, 0.15) is 0 Å². The number of nitrogens with zero attached hydrogens (tertiary/aromatic N) is 1. The van der Waals surface area contributed by atoms with Gasteiger partial charge in [-0.25, -0.2) is 0 Å². The molecule has 0 aromatic heterocycles. The second-order valence-corrected chi connectivity index (χ2v) is 6.28. The van der Waals surface area contributed by atoms with Crippen LogP contribution < -0.4 is 5.32 Å². The van der Waals surface area contributed by atoms with Crippen molar-refractivity contribution in [3.63, 3.8) is 0 Å². The van der Waals surface area contributed by atoms with Crippen molar-refractivity contribution in [3.05, 3.63) is 29.8 Å². The Hall–Kier alpha value is -1.84. The molecule has 1 aliphatic heterocycles. The molecule has 4 heteroatoms. The lowest BCUT2D eigenvalue weighted by atomic mass is 9.82. The summed E-state index contributed by atoms with van der Waals surface area (Å²) in [6, 6.07) is 7.23. The molecule has 2 atom stereocenters. The number of benzene rings is 1. The van der Waals surface area contributed by atoms with E-state index < -0.39 is 0 Å². The fraction of sp³-hybridized carbons (Fsp3) is 0.529. The van der Waals surface area contributed by atoms with Gasteiger partial charge in [-0.05, 0) is 42.9 Å². The number of nitrogens with one attached hydrogen (secondary N) is 1. The van der Waals surface area contributed by atoms with Gasteiger partial charge in [0, 0.05) is 31.3 Å². The summed E-state index contributed by atoms with van der Waals surface area (Å²) >= 11 is 0. The van der Waals surface area contributed by atoms with E-state index in [4.69, 9.17) is 0 Å². The molecule has 1 N–H and O–H groups in total. The average Bonchev–Trinajstić information content (AvgIpc) is 2.90. The number of carbonyl (C=O) groups is 2. The number of rotatable bonds is 2. The first-order valence-corrected chi connectivity index (χ1v) is 7.80. The lowest BCUT2D eigenvalue weighted by Gasteiger charge is -2.22. The molecule has 1 saturated carbocycles. The molecule has 2 fully saturated rings. The summed E-state index contributed by atoms with van der Waals surface area (Å²) in [5.41, 5.74) is 1.35. The smallest absolute Gasteiger partial charge is 0.253 e. The van der Waals surface area contributed by atoms with Crippen molar-refractivity contribution in [3.8, 4) is 0 Å². The normalized spacial score (nSPS) is 24.5. The van der Waals surface area contributed by atoms with E-state index in [1.165, 1.54) is 32.6 Å². The Morgan fingerprint density at radius 3 is 2.43 bits per heavy atom. The summed E-state index contributed by atoms with van der Waals surface area (Å²) in [4.78, 5) is 25.7. The molecule has 1 aromatic rings. The highest BCUT2D eigenvalue weighted by Crippen LogP contribution is 2.36. The van der Waals surface area contributed by atoms with Crippen LogP contribution in [0.2, 0.25) is 0 Å². The minimum Gasteiger partial charge on any atom is -0.338 e. The molecule has 1 aromatic carbocycles. The summed E-state index contributed by atoms with van der Waals surface area (Å²) in [5.74, 6) is 1.37. The third-order valence-electron chi connectivity index (χ3n) is 4.69. The Kier molecular flexibility index (Phi) is 3.95. The molecule has 21 heavy (non-hydrogen) atoms. The van der Waals surface area contributed by atoms with Gasteiger partial charge < -0.3 is 10.2 Å². The molecule has 3 rings (SSSR count). The van der Waals surface area contributed by atoms with Crippen LogP contribution in [-0.4, -0.2) is 29.8 Å². The number of fused-ring (bicyclic) bond motifs is 1. The van der Waals surface area contributed by atoms with E-state index >= 15 is 0 Å². The van der Waals surface area contributed by atoms with E-state index in [1.807, 2.05) is 23.1 Å². The molecule has 1 aliphatic carbocycles. The second kappa shape index (κ2) is 5.88. The molecule has 0 radical (unpaired) electrons. The van der Waals surface area contributed by atoms with Crippen molar-refractivity contribution in [1.29, 1.82) is 0 Å². The monoisotopic (exact) mass is 286 g/mol. The molecule has 4 nitrogen and oxygen atoms in total. The molecular formula is C17H22N2O2. The zero-order chi connectivity index (χ0) is 14.8. The van der Waals surface area contributed by atoms with Gasteiger partial charge in [-0.3, -0.25) is 9.59 Å². The Labute approximate surface area is 125 Å². The van der Waals surface area contributed by atoms with Gasteiger partial charge >= 0.3 is 0 Å². The van der Waals surface area contributed by atoms with E-state index in [-0.39, 0.29) is 11.8 Å². The molecule has 0 spiro atoms. The Balaban J connectivity index is 1.72. The van der Waals surface area contributed by atoms with Crippen LogP contribution in [-0.2, 0) is 4.79 Å². The van der Waals surface area contributed by atoms with Crippen LogP contribution in [0.15, 0.2) is 24.3 Å². The Morgan fingerprint density at radius 1 is 1.14 bits per heavy atom. The van der Waals surface area contributed by atoms with Gasteiger partial charge in [-0.2, -0.15) is 0 Å². The fourth-order valence-corrected chi connectivity index (χ4v) is 3.69. The summed E-state index contributed by atoms with van der Waals surface area (Å²) < 4.78 is 0. The van der Waals surface area contributed by atoms with E-state index in [2.05, 4.69) is 5.32 Å². The molecule has 1 heterocycles. The molecule has 112 valence electrons. The lowest BCUT2D eigenvalue weighted by Crippen LogP contribution is -2.29. The number of likely N-dealkylation sites (tertiary alicyclic amines) is 1. The second-order valence-electron chi connectivity index (χ2n) is 6.28. The van der Waals surface area contributed by atoms with E-state index in [0.717, 1.165) is 13.1 Å². The highest BCUT2D eigenvalue weighted by atomic mass is 16.2. The third-order valence-corrected chi connectivity index (χ3v) is 4.69. The molecule has 2 amide bonds. The van der Waals surface area contributed by atoms with Gasteiger partial charge in [-0.1, -0.05) is 18.9 Å². The third kappa shape index (κ3) is 3.09. The van der Waals surface area contributed by atoms with Gasteiger partial charge in [-0.15, -0.1) is 0 Å². The minimum absolute atomic E-state index is 0.0941. The van der Waals surface area contributed by atoms with Crippen molar-refractivity contribution in [1.82, 2.24) is 4.90 Å². The Bertz CT molecular complexity index is 541. The van der Waals surface area contributed by atoms with E-state index in [0.29, 0.717) is 23.1 Å². The van der Waals surface area contributed by atoms with Crippen LogP contribution in [0.1, 0.15) is 43.0 Å². The molecule has 0 bridgehead atoms. The minimum atomic E-state index is -0.119. The quantitative estimate of drug-likeness (QED) is 0.908. The standard InChI is InChI=1S/C17H22N2O2/c1-12(20)18-16-8-4-7-13(9-16)17(21)19-10-14-5-2-3-6-15(14)11-19/h4,7-9,14-15H,2-3,5-6,10-11H2,1H3,(H,18,20). The maximum atomic E-state index is 12.6. The predicted molar refractivity (Wildman–Crippen MR) is 82.1 cm³/mol. The zero-order valence-electron chi connectivity index (χ0n) is 12.5. The maximum absolute atomic E-state index is 12.6. The van der Waals surface area contributed by atoms with Crippen LogP contribution in [0.4, 0.5) is 5.69 Å². The van der Waals surface area contributed by atoms with Crippen molar-refractivity contribution < 1.29 is 9.59 Å². The van der Waals surface area contributed by atoms with Crippen molar-refractivity contribution >= 4 is 17.5 Å². The lowest BCUT2D eigenvalue weighted by molar-refractivity contribution is -0.114. The first-order valence-electron chi connectivity index (χ1n) is 7.80. The molecule has 2 unspecified atom stereocenters. The maximum Gasteiger partial charge on any atom is 0.253 e. The van der Waals surface area contributed by atoms with Gasteiger partial charge in [0.2, 0.25) is 5.91 Å². The van der Waals surface area contributed by atoms with Crippen LogP contribution in [0.25, 0.3) is 0 Å². The summed E-state index contributed by atoms with van der Waals surface area (Å²) in [7, 11) is 0. The van der Waals surface area contributed by atoms with Crippen LogP contribution in [0, 0.1) is 11.8 Å². The van der Waals surface area contributed by atoms with Crippen LogP contribution >= 0.6 is 0 Å². The average molecular weight is 286 g/mol. The topological polar surface area (TPSA) is 49.4 Å². The van der Waals surface area contributed by atoms with Crippen LogP contribution in [0.5, 0.6) is 0 Å². The van der Waals surface area contributed by atoms with Gasteiger partial charge in [0.15, 0.2) is 0 Å². The number of amides is 2. The van der Waals surface area contributed by atoms with E-state index in [1.54, 1.807) is 6.07 Å².